The monoisotopic (exact) mass is 397 g/mol. The number of hydrogen-bond donors (Lipinski definition) is 0. The van der Waals surface area contributed by atoms with Crippen LogP contribution in [-0.2, 0) is 6.42 Å². The molecule has 1 aromatic heterocycles. The molecule has 0 radical (unpaired) electrons. The van der Waals surface area contributed by atoms with Gasteiger partial charge in [0, 0.05) is 48.0 Å². The Kier molecular flexibility index (Phi) is 5.98. The Hall–Kier alpha value is -2.94. The third-order valence-corrected chi connectivity index (χ3v) is 6.15. The highest BCUT2D eigenvalue weighted by Crippen LogP contribution is 2.40. The van der Waals surface area contributed by atoms with Crippen LogP contribution in [0.2, 0.25) is 0 Å². The molecule has 1 aromatic carbocycles. The number of hydrogen-bond acceptors (Lipinski definition) is 3. The van der Waals surface area contributed by atoms with Gasteiger partial charge in [0.1, 0.15) is 0 Å². The molecule has 1 aliphatic heterocycles. The van der Waals surface area contributed by atoms with Gasteiger partial charge in [0.15, 0.2) is 0 Å². The van der Waals surface area contributed by atoms with E-state index in [4.69, 9.17) is 4.99 Å². The van der Waals surface area contributed by atoms with Crippen LogP contribution >= 0.6 is 0 Å². The second-order valence-corrected chi connectivity index (χ2v) is 8.49. The summed E-state index contributed by atoms with van der Waals surface area (Å²) in [6, 6.07) is 13.0. The summed E-state index contributed by atoms with van der Waals surface area (Å²) in [7, 11) is 0. The minimum Gasteiger partial charge on any atom is -0.371 e. The molecule has 154 valence electrons. The zero-order chi connectivity index (χ0) is 21.1. The molecule has 1 fully saturated rings. The number of piperidine rings is 1. The first kappa shape index (κ1) is 20.3. The summed E-state index contributed by atoms with van der Waals surface area (Å²) < 4.78 is 0. The molecule has 2 aromatic rings. The van der Waals surface area contributed by atoms with Gasteiger partial charge < -0.3 is 4.90 Å². The lowest BCUT2D eigenvalue weighted by Crippen LogP contribution is -2.29. The van der Waals surface area contributed by atoms with Crippen molar-refractivity contribution >= 4 is 17.0 Å². The fourth-order valence-corrected chi connectivity index (χ4v) is 4.52. The minimum atomic E-state index is 0.989. The smallest absolute Gasteiger partial charge is 0.0696 e. The molecule has 3 nitrogen and oxygen atoms in total. The first-order valence-electron chi connectivity index (χ1n) is 10.9. The van der Waals surface area contributed by atoms with E-state index in [1.807, 2.05) is 24.5 Å². The molecule has 0 unspecified atom stereocenters. The number of benzene rings is 1. The molecule has 2 aliphatic rings. The lowest BCUT2D eigenvalue weighted by molar-refractivity contribution is 0.370. The topological polar surface area (TPSA) is 28.5 Å². The summed E-state index contributed by atoms with van der Waals surface area (Å²) in [5.74, 6) is 0. The van der Waals surface area contributed by atoms with Crippen molar-refractivity contribution in [3.05, 3.63) is 88.9 Å². The maximum atomic E-state index is 5.03. The van der Waals surface area contributed by atoms with E-state index in [9.17, 15) is 0 Å². The standard InChI is InChI=1S/C27H31N3/c1-19(2)29-27-20(3)9-10-23-7-5-6-8-25(23)26(27)24-13-17-30(18-14-24)21(4)22-11-15-28-16-12-22/h5-8,11-12,15-16H,4,9-10,13-14,17-18H2,1-3H3. The molecule has 0 saturated carbocycles. The summed E-state index contributed by atoms with van der Waals surface area (Å²) in [6.07, 6.45) is 7.93. The third-order valence-electron chi connectivity index (χ3n) is 6.15. The van der Waals surface area contributed by atoms with Gasteiger partial charge in [-0.15, -0.1) is 0 Å². The largest absolute Gasteiger partial charge is 0.371 e. The van der Waals surface area contributed by atoms with Gasteiger partial charge in [0.05, 0.1) is 5.70 Å². The fraction of sp³-hybridized carbons (Fsp3) is 0.333. The minimum absolute atomic E-state index is 0.989. The molecular formula is C27H31N3. The lowest BCUT2D eigenvalue weighted by atomic mass is 9.88. The van der Waals surface area contributed by atoms with E-state index in [2.05, 4.69) is 61.5 Å². The fourth-order valence-electron chi connectivity index (χ4n) is 4.52. The van der Waals surface area contributed by atoms with Crippen LogP contribution in [0.3, 0.4) is 0 Å². The molecule has 1 saturated heterocycles. The van der Waals surface area contributed by atoms with Crippen molar-refractivity contribution in [1.29, 1.82) is 0 Å². The van der Waals surface area contributed by atoms with Crippen LogP contribution in [0.4, 0.5) is 0 Å². The quantitative estimate of drug-likeness (QED) is 0.568. The number of fused-ring (bicyclic) bond motifs is 1. The molecule has 30 heavy (non-hydrogen) atoms. The highest BCUT2D eigenvalue weighted by molar-refractivity contribution is 5.89. The van der Waals surface area contributed by atoms with E-state index in [0.29, 0.717) is 0 Å². The first-order valence-corrected chi connectivity index (χ1v) is 10.9. The van der Waals surface area contributed by atoms with E-state index in [0.717, 1.165) is 55.7 Å². The third kappa shape index (κ3) is 4.16. The Bertz CT molecular complexity index is 1030. The van der Waals surface area contributed by atoms with Crippen LogP contribution in [0.5, 0.6) is 0 Å². The van der Waals surface area contributed by atoms with Gasteiger partial charge >= 0.3 is 0 Å². The van der Waals surface area contributed by atoms with Crippen LogP contribution in [0, 0.1) is 0 Å². The van der Waals surface area contributed by atoms with Crippen LogP contribution in [-0.4, -0.2) is 28.7 Å². The van der Waals surface area contributed by atoms with Crippen molar-refractivity contribution in [2.24, 2.45) is 4.99 Å². The van der Waals surface area contributed by atoms with Crippen LogP contribution < -0.4 is 0 Å². The van der Waals surface area contributed by atoms with Gasteiger partial charge in [0.2, 0.25) is 0 Å². The normalized spacial score (nSPS) is 16.8. The summed E-state index contributed by atoms with van der Waals surface area (Å²) in [6.45, 7) is 12.8. The number of aliphatic imine (C=N–C) groups is 1. The molecule has 4 rings (SSSR count). The summed E-state index contributed by atoms with van der Waals surface area (Å²) in [5.41, 5.74) is 11.7. The van der Waals surface area contributed by atoms with Gasteiger partial charge in [0.25, 0.3) is 0 Å². The Balaban J connectivity index is 1.70. The van der Waals surface area contributed by atoms with Crippen LogP contribution in [0.25, 0.3) is 11.3 Å². The second-order valence-electron chi connectivity index (χ2n) is 8.49. The molecule has 3 heteroatoms. The highest BCUT2D eigenvalue weighted by atomic mass is 15.1. The van der Waals surface area contributed by atoms with Crippen molar-refractivity contribution in [3.8, 4) is 0 Å². The average Bonchev–Trinajstić information content (AvgIpc) is 2.91. The Labute approximate surface area is 180 Å². The van der Waals surface area contributed by atoms with Crippen LogP contribution in [0.1, 0.15) is 56.7 Å². The highest BCUT2D eigenvalue weighted by Gasteiger charge is 2.25. The maximum absolute atomic E-state index is 5.03. The average molecular weight is 398 g/mol. The predicted molar refractivity (Wildman–Crippen MR) is 127 cm³/mol. The van der Waals surface area contributed by atoms with Crippen molar-refractivity contribution in [1.82, 2.24) is 9.88 Å². The predicted octanol–water partition coefficient (Wildman–Crippen LogP) is 6.30. The maximum Gasteiger partial charge on any atom is 0.0696 e. The van der Waals surface area contributed by atoms with Crippen molar-refractivity contribution in [3.63, 3.8) is 0 Å². The van der Waals surface area contributed by atoms with Gasteiger partial charge in [-0.25, -0.2) is 0 Å². The zero-order valence-electron chi connectivity index (χ0n) is 18.4. The number of allylic oxidation sites excluding steroid dienone is 2. The van der Waals surface area contributed by atoms with Crippen molar-refractivity contribution in [2.45, 2.75) is 46.5 Å². The molecular weight excluding hydrogens is 366 g/mol. The number of rotatable bonds is 3. The summed E-state index contributed by atoms with van der Waals surface area (Å²) in [4.78, 5) is 11.6. The van der Waals surface area contributed by atoms with E-state index in [-0.39, 0.29) is 0 Å². The number of aromatic nitrogens is 1. The molecule has 2 heterocycles. The summed E-state index contributed by atoms with van der Waals surface area (Å²) in [5, 5.41) is 0. The Morgan fingerprint density at radius 3 is 2.37 bits per heavy atom. The van der Waals surface area contributed by atoms with Gasteiger partial charge in [-0.05, 0) is 75.3 Å². The Morgan fingerprint density at radius 1 is 0.967 bits per heavy atom. The van der Waals surface area contributed by atoms with E-state index >= 15 is 0 Å². The van der Waals surface area contributed by atoms with Crippen LogP contribution in [0.15, 0.2) is 77.2 Å². The SMILES string of the molecule is C=C(c1ccncc1)N1CCC(=C2C(N=C(C)C)=C(C)CCc3ccccc32)CC1. The number of likely N-dealkylation sites (tertiary alicyclic amines) is 1. The van der Waals surface area contributed by atoms with E-state index in [1.165, 1.54) is 33.5 Å². The molecule has 0 atom stereocenters. The van der Waals surface area contributed by atoms with E-state index in [1.54, 1.807) is 0 Å². The summed E-state index contributed by atoms with van der Waals surface area (Å²) >= 11 is 0. The second kappa shape index (κ2) is 8.83. The molecule has 0 bridgehead atoms. The van der Waals surface area contributed by atoms with Gasteiger partial charge in [-0.1, -0.05) is 36.4 Å². The number of aryl methyl sites for hydroxylation is 1. The van der Waals surface area contributed by atoms with Gasteiger partial charge in [-0.3, -0.25) is 9.98 Å². The zero-order valence-corrected chi connectivity index (χ0v) is 18.4. The van der Waals surface area contributed by atoms with Crippen molar-refractivity contribution < 1.29 is 0 Å². The van der Waals surface area contributed by atoms with E-state index < -0.39 is 0 Å². The lowest BCUT2D eigenvalue weighted by Gasteiger charge is -2.33. The number of pyridine rings is 1. The molecule has 0 amide bonds. The Morgan fingerprint density at radius 2 is 1.67 bits per heavy atom. The van der Waals surface area contributed by atoms with Gasteiger partial charge in [-0.2, -0.15) is 0 Å². The molecule has 0 spiro atoms. The molecule has 1 aliphatic carbocycles. The first-order chi connectivity index (χ1) is 14.5. The van der Waals surface area contributed by atoms with Crippen molar-refractivity contribution in [2.75, 3.05) is 13.1 Å². The molecule has 0 N–H and O–H groups in total. The number of nitrogens with zero attached hydrogens (tertiary/aromatic N) is 3.